The predicted octanol–water partition coefficient (Wildman–Crippen LogP) is 13.1. The van der Waals surface area contributed by atoms with E-state index in [4.69, 9.17) is 59.7 Å². The molecule has 7 aromatic heterocycles. The molecule has 3 aliphatic heterocycles. The molecule has 17 N–H and O–H groups in total. The van der Waals surface area contributed by atoms with E-state index in [1.165, 1.54) is 0 Å². The van der Waals surface area contributed by atoms with Crippen LogP contribution >= 0.6 is 0 Å². The van der Waals surface area contributed by atoms with E-state index >= 15 is 0 Å². The first kappa shape index (κ1) is 86.9. The van der Waals surface area contributed by atoms with Crippen LogP contribution in [0.5, 0.6) is 0 Å². The third-order valence-corrected chi connectivity index (χ3v) is 25.2. The van der Waals surface area contributed by atoms with Crippen LogP contribution in [-0.2, 0) is 51.8 Å². The normalized spacial score (nSPS) is 20.9. The third-order valence-electron chi connectivity index (χ3n) is 25.2. The first-order valence-electron chi connectivity index (χ1n) is 43.3. The van der Waals surface area contributed by atoms with Crippen LogP contribution in [0.4, 0.5) is 74.6 Å². The van der Waals surface area contributed by atoms with Gasteiger partial charge in [-0.1, -0.05) is 30.3 Å². The number of rotatable bonds is 15. The number of H-pyrrole nitrogens is 1. The van der Waals surface area contributed by atoms with Crippen molar-refractivity contribution in [3.05, 3.63) is 223 Å². The van der Waals surface area contributed by atoms with Gasteiger partial charge in [-0.15, -0.1) is 0 Å². The minimum Gasteiger partial charge on any atom is -0.470 e. The maximum Gasteiger partial charge on any atom is 0.333 e. The number of anilines is 13. The van der Waals surface area contributed by atoms with Crippen molar-refractivity contribution in [2.45, 2.75) is 70.4 Å². The van der Waals surface area contributed by atoms with Gasteiger partial charge in [-0.05, 0) is 216 Å². The molecule has 22 rings (SSSR count). The Morgan fingerprint density at radius 1 is 0.463 bits per heavy atom. The summed E-state index contributed by atoms with van der Waals surface area (Å²) in [6.07, 6.45) is 16.5. The molecule has 0 bridgehead atoms. The van der Waals surface area contributed by atoms with Crippen molar-refractivity contribution in [3.8, 4) is 47.2 Å². The maximum atomic E-state index is 12.9. The van der Waals surface area contributed by atoms with Gasteiger partial charge >= 0.3 is 5.69 Å². The summed E-state index contributed by atoms with van der Waals surface area (Å²) in [5, 5.41) is 69.2. The molecular formula is C99H86N26O9. The van der Waals surface area contributed by atoms with E-state index in [9.17, 15) is 38.4 Å². The van der Waals surface area contributed by atoms with Gasteiger partial charge in [-0.2, -0.15) is 26.3 Å². The molecule has 0 radical (unpaired) electrons. The van der Waals surface area contributed by atoms with E-state index in [1.807, 2.05) is 122 Å². The number of aromatic nitrogens is 8. The Labute approximate surface area is 764 Å². The lowest BCUT2D eigenvalue weighted by Crippen LogP contribution is -2.30. The van der Waals surface area contributed by atoms with Gasteiger partial charge in [0.2, 0.25) is 41.4 Å². The molecule has 7 aromatic carbocycles. The van der Waals surface area contributed by atoms with Gasteiger partial charge in [-0.3, -0.25) is 47.6 Å². The van der Waals surface area contributed by atoms with Crippen molar-refractivity contribution in [1.29, 1.82) is 26.3 Å². The molecule has 5 aliphatic carbocycles. The Kier molecular flexibility index (Phi) is 23.2. The summed E-state index contributed by atoms with van der Waals surface area (Å²) in [6.45, 7) is 6.41. The zero-order chi connectivity index (χ0) is 93.8. The van der Waals surface area contributed by atoms with Crippen LogP contribution in [0.2, 0.25) is 0 Å². The van der Waals surface area contributed by atoms with Crippen LogP contribution in [0.1, 0.15) is 69.1 Å². The fraction of sp³-hybridized carbons (Fsp3) is 0.232. The Morgan fingerprint density at radius 3 is 1.28 bits per heavy atom. The molecule has 2 unspecified atom stereocenters. The number of nitrogen functional groups attached to an aromatic ring is 5. The molecule has 35 heteroatoms. The number of hydrogen-bond donors (Lipinski definition) is 12. The van der Waals surface area contributed by atoms with Gasteiger partial charge in [0, 0.05) is 124 Å². The largest absolute Gasteiger partial charge is 0.470 e. The van der Waals surface area contributed by atoms with Crippen molar-refractivity contribution < 1.29 is 38.3 Å². The summed E-state index contributed by atoms with van der Waals surface area (Å²) in [4.78, 5) is 126. The number of pyridine rings is 5. The van der Waals surface area contributed by atoms with Crippen LogP contribution in [0.3, 0.4) is 0 Å². The molecule has 0 spiro atoms. The summed E-state index contributed by atoms with van der Waals surface area (Å²) in [5.74, 6) is -0.364. The number of nitrogens with zero attached hydrogens (tertiary/aromatic N) is 14. The Hall–Kier alpha value is -17.8. The standard InChI is InChI=1S/C22H18N6O2.C22H17N5O2.C19H19N5O2.C18H17N5O2.C18H15N5O/c1-27-18-4-2-3-5-19(18)28(22(27)30)14-6-12-8-20(25-11-16(12)17(24)9-14)26-21(29)15-7-13(15)10-23;23-10-14-6-16(14)22(29)26-20-7-13-5-15(9-18(24)17(13)11-25-20)27-19-4-2-1-3-12(19)8-21(27)28;1-10-2-3-18(25)24(10)13-4-11-6-17(22-9-15(11)16(21)7-13)23-19(26)14-5-12(14)8-20;1-9-21-8-16(25-9)11-2-10-5-17(22-7-14(10)15(20)4-11)23-18(24)13-3-12(13)6-19;19-7-13-4-14(13)18(24)23-17-6-12-3-11(10-1-2-21-8-10)5-16(20)15(12)9-22-17/h2-6,8-9,11,13,15H,7,24H2,1H3,(H,25,26,29);1-5,7,9,11,14,16H,6,8,24H2,(H,25,26,29);4,6-7,9-10,12,14H,2-3,5,21H2,1H3,(H,22,23,26);2,4-5,7,12-13,16,21H,1,3,8,20H2,(H,22,23,24);1-3,5-6,8-9,13-14,21H,4,20H2,(H,22,23,24)/t13-,15+;14-,16+;10?,12-,14+;12-,13+,16?;13-,14+/m11011/s1. The molecule has 7 amide bonds. The number of aryl methyl sites for hydroxylation is 1. The highest BCUT2D eigenvalue weighted by atomic mass is 16.5. The fourth-order valence-electron chi connectivity index (χ4n) is 17.2. The quantitative estimate of drug-likeness (QED) is 0.0424. The number of ether oxygens (including phenoxy) is 1. The van der Waals surface area contributed by atoms with Gasteiger partial charge in [-0.25, -0.2) is 29.7 Å². The van der Waals surface area contributed by atoms with Crippen molar-refractivity contribution in [1.82, 2.24) is 44.4 Å². The smallest absolute Gasteiger partial charge is 0.333 e. The highest BCUT2D eigenvalue weighted by Gasteiger charge is 2.47. The van der Waals surface area contributed by atoms with Crippen LogP contribution in [0, 0.1) is 116 Å². The number of nitriles is 5. The van der Waals surface area contributed by atoms with Crippen molar-refractivity contribution in [3.63, 3.8) is 0 Å². The van der Waals surface area contributed by atoms with Gasteiger partial charge in [0.05, 0.1) is 131 Å². The summed E-state index contributed by atoms with van der Waals surface area (Å²) in [5.41, 5.74) is 42.0. The van der Waals surface area contributed by atoms with Crippen molar-refractivity contribution >= 4 is 181 Å². The van der Waals surface area contributed by atoms with Crippen LogP contribution < -0.4 is 76.1 Å². The number of fused-ring (bicyclic) bond motifs is 7. The third kappa shape index (κ3) is 17.9. The molecule has 10 heterocycles. The number of nitrogens with two attached hydrogens (primary N) is 5. The van der Waals surface area contributed by atoms with Gasteiger partial charge < -0.3 is 75.2 Å². The average Bonchev–Trinajstić information content (AvgIpc) is 1.55. The van der Waals surface area contributed by atoms with Crippen LogP contribution in [-0.4, -0.2) is 93.0 Å². The fourth-order valence-corrected chi connectivity index (χ4v) is 17.2. The first-order chi connectivity index (χ1) is 64.7. The lowest BCUT2D eigenvalue weighted by molar-refractivity contribution is -0.118. The Morgan fingerprint density at radius 2 is 0.858 bits per heavy atom. The van der Waals surface area contributed by atoms with E-state index < -0.39 is 0 Å². The number of para-hydroxylation sites is 3. The van der Waals surface area contributed by atoms with Gasteiger partial charge in [0.15, 0.2) is 5.88 Å². The summed E-state index contributed by atoms with van der Waals surface area (Å²) in [7, 11) is 1.73. The van der Waals surface area contributed by atoms with E-state index in [0.29, 0.717) is 126 Å². The number of hydrogen-bond acceptors (Lipinski definition) is 25. The molecule has 12 atom stereocenters. The number of imidazole rings is 1. The highest BCUT2D eigenvalue weighted by Crippen LogP contribution is 2.46. The second-order valence-corrected chi connectivity index (χ2v) is 34.4. The first-order valence-corrected chi connectivity index (χ1v) is 43.3. The summed E-state index contributed by atoms with van der Waals surface area (Å²) < 4.78 is 8.84. The number of carbonyl (C=O) groups excluding carboxylic acids is 7. The lowest BCUT2D eigenvalue weighted by atomic mass is 10.0. The zero-order valence-electron chi connectivity index (χ0n) is 72.2. The Bertz CT molecular complexity index is 7580. The minimum absolute atomic E-state index is 0.0104. The number of aromatic amines is 1. The molecule has 134 heavy (non-hydrogen) atoms. The summed E-state index contributed by atoms with van der Waals surface area (Å²) >= 11 is 0. The number of benzene rings is 7. The highest BCUT2D eigenvalue weighted by molar-refractivity contribution is 6.11. The second-order valence-electron chi connectivity index (χ2n) is 34.4. The van der Waals surface area contributed by atoms with E-state index in [0.717, 1.165) is 105 Å². The van der Waals surface area contributed by atoms with E-state index in [-0.39, 0.29) is 118 Å². The molecule has 35 nitrogen and oxygen atoms in total. The van der Waals surface area contributed by atoms with E-state index in [2.05, 4.69) is 98.7 Å². The summed E-state index contributed by atoms with van der Waals surface area (Å²) in [6, 6.07) is 55.4. The van der Waals surface area contributed by atoms with Gasteiger partial charge in [0.25, 0.3) is 0 Å². The number of nitrogens with one attached hydrogen (secondary N) is 7. The van der Waals surface area contributed by atoms with Crippen LogP contribution in [0.15, 0.2) is 206 Å². The topological polar surface area (TPSA) is 564 Å². The van der Waals surface area contributed by atoms with Crippen molar-refractivity contribution in [2.75, 3.05) is 71.6 Å². The maximum absolute atomic E-state index is 12.9. The molecule has 14 aromatic rings. The Balaban J connectivity index is 0.000000112. The minimum atomic E-state index is -0.279. The lowest BCUT2D eigenvalue weighted by Gasteiger charge is -2.22. The molecule has 8 aliphatic rings. The SMILES string of the molecule is C=C1NCC(c2cc(N)c3cnc(NC(=O)[C@H]4C[C@@H]4C#N)cc3c2)O1.CC1CCC(=O)N1c1cc(N)c2cnc(NC(=O)[C@@H]3C[C@H]3C#N)cc2c1.Cn1c(=O)n(-c2cc(N)c3cnc(NC(=O)[C@H]4C[C@@H]4C#N)cc3c2)c2ccccc21.N#C[C@H]1C[C@@H]1C(=O)Nc1cc2cc(-c3cc[nH]c3)cc(N)c2cn1.N#C[C@H]1C[C@@H]1C(=O)Nc1cc2cc(N3C(=O)Cc4ccccc43)cc(N)c2cn1. The van der Waals surface area contributed by atoms with Crippen LogP contribution in [0.25, 0.3) is 81.7 Å². The molecule has 5 saturated carbocycles. The molecule has 666 valence electrons. The monoisotopic (exact) mass is 1780 g/mol. The zero-order valence-corrected chi connectivity index (χ0v) is 72.2. The van der Waals surface area contributed by atoms with E-state index in [1.54, 1.807) is 99.4 Å². The number of carbonyl (C=O) groups is 7. The molecular weight excluding hydrogens is 1700 g/mol. The van der Waals surface area contributed by atoms with Gasteiger partial charge in [0.1, 0.15) is 35.2 Å². The van der Waals surface area contributed by atoms with Crippen molar-refractivity contribution in [2.24, 2.45) is 66.2 Å². The number of amides is 7. The molecule has 7 fully saturated rings. The second kappa shape index (κ2) is 35.7. The predicted molar refractivity (Wildman–Crippen MR) is 506 cm³/mol. The average molecular weight is 1780 g/mol. The molecule has 2 saturated heterocycles.